The molecule has 1 aromatic carbocycles. The minimum absolute atomic E-state index is 0.0135. The van der Waals surface area contributed by atoms with Crippen LogP contribution in [0.4, 0.5) is 0 Å². The summed E-state index contributed by atoms with van der Waals surface area (Å²) in [6.45, 7) is 1.97. The fourth-order valence-corrected chi connectivity index (χ4v) is 1.50. The van der Waals surface area contributed by atoms with Gasteiger partial charge in [-0.15, -0.1) is 0 Å². The molecule has 0 aliphatic carbocycles. The maximum absolute atomic E-state index is 12.0. The zero-order valence-electron chi connectivity index (χ0n) is 10.6. The van der Waals surface area contributed by atoms with Gasteiger partial charge in [0.15, 0.2) is 5.78 Å². The third-order valence-corrected chi connectivity index (χ3v) is 2.68. The Morgan fingerprint density at radius 2 is 1.53 bits per heavy atom. The quantitative estimate of drug-likeness (QED) is 0.562. The Hall–Kier alpha value is -1.23. The van der Waals surface area contributed by atoms with E-state index in [9.17, 15) is 4.79 Å². The van der Waals surface area contributed by atoms with Gasteiger partial charge in [-0.1, -0.05) is 29.8 Å². The van der Waals surface area contributed by atoms with Gasteiger partial charge >= 0.3 is 0 Å². The van der Waals surface area contributed by atoms with Crippen LogP contribution in [-0.4, -0.2) is 33.1 Å². The van der Waals surface area contributed by atoms with E-state index in [4.69, 9.17) is 14.2 Å². The molecule has 4 heteroatoms. The number of ketones is 1. The van der Waals surface area contributed by atoms with Gasteiger partial charge in [0.2, 0.25) is 0 Å². The van der Waals surface area contributed by atoms with Crippen LogP contribution in [0.1, 0.15) is 22.3 Å². The molecule has 94 valence electrons. The zero-order valence-corrected chi connectivity index (χ0v) is 10.6. The Balaban J connectivity index is 2.81. The lowest BCUT2D eigenvalue weighted by Gasteiger charge is -2.27. The first-order valence-corrected chi connectivity index (χ1v) is 5.32. The molecular weight excluding hydrogens is 220 g/mol. The average molecular weight is 238 g/mol. The average Bonchev–Trinajstić information content (AvgIpc) is 2.37. The van der Waals surface area contributed by atoms with E-state index in [1.54, 1.807) is 12.1 Å². The minimum Gasteiger partial charge on any atom is -0.330 e. The zero-order chi connectivity index (χ0) is 12.9. The second-order valence-corrected chi connectivity index (χ2v) is 3.76. The first-order valence-electron chi connectivity index (χ1n) is 5.32. The molecule has 0 amide bonds. The topological polar surface area (TPSA) is 44.8 Å². The Morgan fingerprint density at radius 3 is 1.94 bits per heavy atom. The maximum Gasteiger partial charge on any atom is 0.289 e. The molecule has 1 rings (SSSR count). The van der Waals surface area contributed by atoms with Gasteiger partial charge in [-0.05, 0) is 6.92 Å². The molecule has 1 aromatic rings. The summed E-state index contributed by atoms with van der Waals surface area (Å²) in [5.74, 6) is -1.39. The first kappa shape index (κ1) is 13.8. The van der Waals surface area contributed by atoms with Gasteiger partial charge in [0, 0.05) is 26.9 Å². The predicted molar refractivity (Wildman–Crippen MR) is 63.9 cm³/mol. The molecule has 0 saturated carbocycles. The molecule has 0 aliphatic heterocycles. The van der Waals surface area contributed by atoms with E-state index < -0.39 is 5.97 Å². The van der Waals surface area contributed by atoms with Crippen LogP contribution in [0.3, 0.4) is 0 Å². The molecule has 0 aliphatic rings. The Labute approximate surface area is 101 Å². The van der Waals surface area contributed by atoms with Crippen LogP contribution in [-0.2, 0) is 14.2 Å². The highest BCUT2D eigenvalue weighted by atomic mass is 16.9. The van der Waals surface area contributed by atoms with Crippen LogP contribution in [0.25, 0.3) is 0 Å². The lowest BCUT2D eigenvalue weighted by molar-refractivity contribution is -0.348. The summed E-state index contributed by atoms with van der Waals surface area (Å²) < 4.78 is 15.3. The number of aryl methyl sites for hydroxylation is 1. The third-order valence-electron chi connectivity index (χ3n) is 2.68. The molecule has 4 nitrogen and oxygen atoms in total. The highest BCUT2D eigenvalue weighted by Crippen LogP contribution is 2.20. The van der Waals surface area contributed by atoms with E-state index in [-0.39, 0.29) is 12.2 Å². The van der Waals surface area contributed by atoms with Gasteiger partial charge in [-0.3, -0.25) is 4.79 Å². The lowest BCUT2D eigenvalue weighted by atomic mass is 10.1. The van der Waals surface area contributed by atoms with Crippen molar-refractivity contribution in [3.63, 3.8) is 0 Å². The van der Waals surface area contributed by atoms with Crippen LogP contribution in [0.15, 0.2) is 24.3 Å². The van der Waals surface area contributed by atoms with Crippen molar-refractivity contribution in [3.05, 3.63) is 35.4 Å². The number of carbonyl (C=O) groups excluding carboxylic acids is 1. The fourth-order valence-electron chi connectivity index (χ4n) is 1.50. The number of hydrogen-bond acceptors (Lipinski definition) is 4. The summed E-state index contributed by atoms with van der Waals surface area (Å²) in [6.07, 6.45) is 0.0135. The number of rotatable bonds is 6. The lowest BCUT2D eigenvalue weighted by Crippen LogP contribution is -2.38. The van der Waals surface area contributed by atoms with Crippen LogP contribution in [0.2, 0.25) is 0 Å². The summed E-state index contributed by atoms with van der Waals surface area (Å²) in [4.78, 5) is 12.0. The smallest absolute Gasteiger partial charge is 0.289 e. The van der Waals surface area contributed by atoms with Crippen LogP contribution in [0.5, 0.6) is 0 Å². The summed E-state index contributed by atoms with van der Waals surface area (Å²) in [7, 11) is 4.32. The fraction of sp³-hybridized carbons (Fsp3) is 0.462. The molecule has 0 aromatic heterocycles. The number of benzene rings is 1. The summed E-state index contributed by atoms with van der Waals surface area (Å²) >= 11 is 0. The van der Waals surface area contributed by atoms with Gasteiger partial charge < -0.3 is 14.2 Å². The predicted octanol–water partition coefficient (Wildman–Crippen LogP) is 2.16. The molecule has 0 bridgehead atoms. The summed E-state index contributed by atoms with van der Waals surface area (Å²) in [6, 6.07) is 7.34. The molecule has 0 saturated heterocycles. The third kappa shape index (κ3) is 3.36. The van der Waals surface area contributed by atoms with Gasteiger partial charge in [0.1, 0.15) is 0 Å². The summed E-state index contributed by atoms with van der Waals surface area (Å²) in [5, 5.41) is 0. The highest BCUT2D eigenvalue weighted by molar-refractivity contribution is 5.96. The number of hydrogen-bond donors (Lipinski definition) is 0. The molecule has 0 unspecified atom stereocenters. The van der Waals surface area contributed by atoms with Gasteiger partial charge in [0.05, 0.1) is 6.42 Å². The van der Waals surface area contributed by atoms with E-state index in [0.29, 0.717) is 5.56 Å². The SMILES string of the molecule is COC(CC(=O)c1ccc(C)cc1)(OC)OC. The molecular formula is C13H18O4. The van der Waals surface area contributed by atoms with Crippen molar-refractivity contribution in [2.45, 2.75) is 19.3 Å². The molecule has 0 N–H and O–H groups in total. The molecule has 0 heterocycles. The van der Waals surface area contributed by atoms with Crippen molar-refractivity contribution >= 4 is 5.78 Å². The first-order chi connectivity index (χ1) is 8.06. The van der Waals surface area contributed by atoms with Crippen molar-refractivity contribution in [3.8, 4) is 0 Å². The Bertz CT molecular complexity index is 357. The second-order valence-electron chi connectivity index (χ2n) is 3.76. The number of carbonyl (C=O) groups is 1. The normalized spacial score (nSPS) is 11.5. The number of Topliss-reactive ketones (excluding diaryl/α,β-unsaturated/α-hetero) is 1. The highest BCUT2D eigenvalue weighted by Gasteiger charge is 2.33. The number of methoxy groups -OCH3 is 3. The van der Waals surface area contributed by atoms with E-state index >= 15 is 0 Å². The maximum atomic E-state index is 12.0. The van der Waals surface area contributed by atoms with Crippen LogP contribution < -0.4 is 0 Å². The Kier molecular flexibility index (Phi) is 4.81. The largest absolute Gasteiger partial charge is 0.330 e. The van der Waals surface area contributed by atoms with Crippen LogP contribution in [0, 0.1) is 6.92 Å². The van der Waals surface area contributed by atoms with E-state index in [0.717, 1.165) is 5.56 Å². The monoisotopic (exact) mass is 238 g/mol. The van der Waals surface area contributed by atoms with Crippen molar-refractivity contribution in [2.75, 3.05) is 21.3 Å². The van der Waals surface area contributed by atoms with Crippen molar-refractivity contribution in [2.24, 2.45) is 0 Å². The molecule has 17 heavy (non-hydrogen) atoms. The minimum atomic E-state index is -1.30. The Morgan fingerprint density at radius 1 is 1.06 bits per heavy atom. The van der Waals surface area contributed by atoms with Gasteiger partial charge in [0.25, 0.3) is 5.97 Å². The number of ether oxygens (including phenoxy) is 3. The van der Waals surface area contributed by atoms with Crippen molar-refractivity contribution in [1.82, 2.24) is 0 Å². The van der Waals surface area contributed by atoms with Crippen LogP contribution >= 0.6 is 0 Å². The summed E-state index contributed by atoms with van der Waals surface area (Å²) in [5.41, 5.74) is 1.73. The van der Waals surface area contributed by atoms with Gasteiger partial charge in [-0.25, -0.2) is 0 Å². The van der Waals surface area contributed by atoms with Gasteiger partial charge in [-0.2, -0.15) is 0 Å². The standard InChI is InChI=1S/C13H18O4/c1-10-5-7-11(8-6-10)12(14)9-13(15-2,16-3)17-4/h5-8H,9H2,1-4H3. The molecule has 0 atom stereocenters. The van der Waals surface area contributed by atoms with E-state index in [2.05, 4.69) is 0 Å². The van der Waals surface area contributed by atoms with E-state index in [1.807, 2.05) is 19.1 Å². The van der Waals surface area contributed by atoms with Crippen molar-refractivity contribution in [1.29, 1.82) is 0 Å². The van der Waals surface area contributed by atoms with Crippen molar-refractivity contribution < 1.29 is 19.0 Å². The molecule has 0 spiro atoms. The van der Waals surface area contributed by atoms with E-state index in [1.165, 1.54) is 21.3 Å². The molecule has 0 radical (unpaired) electrons. The molecule has 0 fully saturated rings. The second kappa shape index (κ2) is 5.91.